The Morgan fingerprint density at radius 2 is 1.26 bits per heavy atom. The van der Waals surface area contributed by atoms with Gasteiger partial charge in [-0.15, -0.1) is 0 Å². The van der Waals surface area contributed by atoms with Crippen molar-refractivity contribution in [1.82, 2.24) is 0 Å². The molecule has 34 heavy (non-hydrogen) atoms. The molecule has 0 atom stereocenters. The summed E-state index contributed by atoms with van der Waals surface area (Å²) in [6.45, 7) is 10.4. The van der Waals surface area contributed by atoms with Crippen LogP contribution in [-0.2, 0) is 5.41 Å². The number of fused-ring (bicyclic) bond motifs is 3. The lowest BCUT2D eigenvalue weighted by Gasteiger charge is -2.38. The van der Waals surface area contributed by atoms with Gasteiger partial charge < -0.3 is 4.90 Å². The second-order valence-corrected chi connectivity index (χ2v) is 10.5. The van der Waals surface area contributed by atoms with E-state index in [1.165, 1.54) is 34.4 Å². The van der Waals surface area contributed by atoms with Crippen molar-refractivity contribution in [3.05, 3.63) is 108 Å². The molecule has 1 aliphatic carbocycles. The monoisotopic (exact) mass is 453 g/mol. The number of anilines is 2. The Bertz CT molecular complexity index is 1390. The Morgan fingerprint density at radius 3 is 2.00 bits per heavy atom. The van der Waals surface area contributed by atoms with Crippen LogP contribution in [0, 0.1) is 11.6 Å². The molecule has 4 aromatic rings. The molecule has 0 fully saturated rings. The molecule has 0 saturated heterocycles. The number of hydrogen-bond acceptors (Lipinski definition) is 1. The highest BCUT2D eigenvalue weighted by Crippen LogP contribution is 2.52. The molecule has 0 heterocycles. The maximum absolute atomic E-state index is 15.4. The molecule has 0 saturated carbocycles. The standard InChI is InChI=1S/C31H29F2N/c1-30(2,3)34(27-16-9-8-15-25(27)32)28-19-20(17-18-26(28)33)21-12-10-13-23-22-11-6-7-14-24(22)31(4,5)29(21)23/h6-19H,1-5H3. The van der Waals surface area contributed by atoms with Crippen LogP contribution in [-0.4, -0.2) is 5.54 Å². The van der Waals surface area contributed by atoms with E-state index >= 15 is 4.39 Å². The fraction of sp³-hybridized carbons (Fsp3) is 0.226. The highest BCUT2D eigenvalue weighted by atomic mass is 19.1. The maximum Gasteiger partial charge on any atom is 0.146 e. The Hall–Kier alpha value is -3.46. The molecule has 0 aliphatic heterocycles. The van der Waals surface area contributed by atoms with Gasteiger partial charge in [0.15, 0.2) is 0 Å². The summed E-state index contributed by atoms with van der Waals surface area (Å²) in [6.07, 6.45) is 0. The minimum Gasteiger partial charge on any atom is -0.331 e. The summed E-state index contributed by atoms with van der Waals surface area (Å²) < 4.78 is 30.2. The summed E-state index contributed by atoms with van der Waals surface area (Å²) in [5.74, 6) is -0.753. The molecular formula is C31H29F2N. The van der Waals surface area contributed by atoms with Crippen molar-refractivity contribution < 1.29 is 8.78 Å². The van der Waals surface area contributed by atoms with Crippen LogP contribution in [0.15, 0.2) is 84.9 Å². The van der Waals surface area contributed by atoms with Crippen LogP contribution in [0.3, 0.4) is 0 Å². The minimum atomic E-state index is -0.546. The van der Waals surface area contributed by atoms with E-state index in [0.29, 0.717) is 11.4 Å². The fourth-order valence-corrected chi connectivity index (χ4v) is 5.43. The van der Waals surface area contributed by atoms with Gasteiger partial charge in [0.05, 0.1) is 11.4 Å². The van der Waals surface area contributed by atoms with Crippen molar-refractivity contribution in [3.8, 4) is 22.3 Å². The summed E-state index contributed by atoms with van der Waals surface area (Å²) in [4.78, 5) is 1.75. The number of nitrogens with zero attached hydrogens (tertiary/aromatic N) is 1. The zero-order valence-electron chi connectivity index (χ0n) is 20.3. The van der Waals surface area contributed by atoms with E-state index in [-0.39, 0.29) is 17.0 Å². The first-order valence-electron chi connectivity index (χ1n) is 11.7. The van der Waals surface area contributed by atoms with Gasteiger partial charge in [0.2, 0.25) is 0 Å². The van der Waals surface area contributed by atoms with Crippen molar-refractivity contribution in [1.29, 1.82) is 0 Å². The minimum absolute atomic E-state index is 0.188. The Balaban J connectivity index is 1.73. The molecule has 1 aliphatic rings. The van der Waals surface area contributed by atoms with E-state index in [0.717, 1.165) is 11.1 Å². The van der Waals surface area contributed by atoms with E-state index in [4.69, 9.17) is 0 Å². The van der Waals surface area contributed by atoms with Crippen LogP contribution in [0.1, 0.15) is 45.7 Å². The largest absolute Gasteiger partial charge is 0.331 e. The molecule has 0 bridgehead atoms. The van der Waals surface area contributed by atoms with Gasteiger partial charge in [-0.05, 0) is 78.4 Å². The molecular weight excluding hydrogens is 424 g/mol. The molecule has 0 amide bonds. The van der Waals surface area contributed by atoms with E-state index < -0.39 is 5.54 Å². The van der Waals surface area contributed by atoms with Gasteiger partial charge in [0.25, 0.3) is 0 Å². The van der Waals surface area contributed by atoms with E-state index in [2.05, 4.69) is 56.3 Å². The van der Waals surface area contributed by atoms with Crippen LogP contribution < -0.4 is 4.90 Å². The second-order valence-electron chi connectivity index (χ2n) is 10.5. The van der Waals surface area contributed by atoms with Crippen molar-refractivity contribution in [2.75, 3.05) is 4.90 Å². The molecule has 3 heteroatoms. The van der Waals surface area contributed by atoms with Gasteiger partial charge in [-0.3, -0.25) is 0 Å². The van der Waals surface area contributed by atoms with Crippen LogP contribution >= 0.6 is 0 Å². The van der Waals surface area contributed by atoms with E-state index in [9.17, 15) is 4.39 Å². The number of hydrogen-bond donors (Lipinski definition) is 0. The van der Waals surface area contributed by atoms with Crippen molar-refractivity contribution in [3.63, 3.8) is 0 Å². The lowest BCUT2D eigenvalue weighted by atomic mass is 9.79. The van der Waals surface area contributed by atoms with Crippen LogP contribution in [0.5, 0.6) is 0 Å². The van der Waals surface area contributed by atoms with Gasteiger partial charge in [0.1, 0.15) is 11.6 Å². The van der Waals surface area contributed by atoms with Gasteiger partial charge in [-0.1, -0.05) is 74.5 Å². The zero-order valence-corrected chi connectivity index (χ0v) is 20.3. The zero-order chi connectivity index (χ0) is 24.3. The molecule has 0 unspecified atom stereocenters. The smallest absolute Gasteiger partial charge is 0.146 e. The summed E-state index contributed by atoms with van der Waals surface area (Å²) >= 11 is 0. The highest BCUT2D eigenvalue weighted by molar-refractivity contribution is 5.89. The van der Waals surface area contributed by atoms with Gasteiger partial charge in [0, 0.05) is 11.0 Å². The summed E-state index contributed by atoms with van der Waals surface area (Å²) in [5.41, 5.74) is 6.96. The number of para-hydroxylation sites is 1. The normalized spacial score (nSPS) is 14.0. The average molecular weight is 454 g/mol. The van der Waals surface area contributed by atoms with Crippen LogP contribution in [0.4, 0.5) is 20.2 Å². The topological polar surface area (TPSA) is 3.24 Å². The third-order valence-corrected chi connectivity index (χ3v) is 6.84. The Labute approximate surface area is 200 Å². The van der Waals surface area contributed by atoms with Crippen molar-refractivity contribution in [2.45, 2.75) is 45.6 Å². The Kier molecular flexibility index (Phi) is 5.12. The molecule has 172 valence electrons. The lowest BCUT2D eigenvalue weighted by Crippen LogP contribution is -2.38. The fourth-order valence-electron chi connectivity index (χ4n) is 5.43. The molecule has 1 nitrogen and oxygen atoms in total. The van der Waals surface area contributed by atoms with Gasteiger partial charge >= 0.3 is 0 Å². The molecule has 0 N–H and O–H groups in total. The summed E-state index contributed by atoms with van der Waals surface area (Å²) in [5, 5.41) is 0. The lowest BCUT2D eigenvalue weighted by molar-refractivity contribution is 0.527. The number of rotatable bonds is 3. The molecule has 4 aromatic carbocycles. The molecule has 0 spiro atoms. The van der Waals surface area contributed by atoms with Gasteiger partial charge in [-0.2, -0.15) is 0 Å². The summed E-state index contributed by atoms with van der Waals surface area (Å²) in [7, 11) is 0. The third-order valence-electron chi connectivity index (χ3n) is 6.84. The van der Waals surface area contributed by atoms with Crippen LogP contribution in [0.2, 0.25) is 0 Å². The second kappa shape index (κ2) is 7.80. The predicted molar refractivity (Wildman–Crippen MR) is 138 cm³/mol. The van der Waals surface area contributed by atoms with Gasteiger partial charge in [-0.25, -0.2) is 8.78 Å². The van der Waals surface area contributed by atoms with E-state index in [1.807, 2.05) is 32.9 Å². The number of halogens is 2. The first kappa shape index (κ1) is 22.3. The van der Waals surface area contributed by atoms with Crippen molar-refractivity contribution >= 4 is 11.4 Å². The highest BCUT2D eigenvalue weighted by Gasteiger charge is 2.37. The van der Waals surface area contributed by atoms with E-state index in [1.54, 1.807) is 23.1 Å². The first-order chi connectivity index (χ1) is 16.1. The van der Waals surface area contributed by atoms with Crippen LogP contribution in [0.25, 0.3) is 22.3 Å². The molecule has 0 radical (unpaired) electrons. The Morgan fingerprint density at radius 1 is 0.647 bits per heavy atom. The SMILES string of the molecule is CC1(C)c2ccccc2-c2cccc(-c3ccc(F)c(N(c4ccccc4F)C(C)(C)C)c3)c21. The third kappa shape index (κ3) is 3.42. The molecule has 0 aromatic heterocycles. The number of benzene rings is 4. The maximum atomic E-state index is 15.4. The predicted octanol–water partition coefficient (Wildman–Crippen LogP) is 8.87. The molecule has 5 rings (SSSR count). The quantitative estimate of drug-likeness (QED) is 0.299. The first-order valence-corrected chi connectivity index (χ1v) is 11.7. The average Bonchev–Trinajstić information content (AvgIpc) is 3.03. The summed E-state index contributed by atoms with van der Waals surface area (Å²) in [6, 6.07) is 26.6. The van der Waals surface area contributed by atoms with Crippen molar-refractivity contribution in [2.24, 2.45) is 0 Å².